The van der Waals surface area contributed by atoms with E-state index in [2.05, 4.69) is 71.9 Å². The zero-order valence-electron chi connectivity index (χ0n) is 13.1. The Bertz CT molecular complexity index is 393. The van der Waals surface area contributed by atoms with E-state index in [0.717, 1.165) is 24.1 Å². The Morgan fingerprint density at radius 2 is 1.80 bits per heavy atom. The number of rotatable bonds is 8. The molecule has 0 aliphatic rings. The third kappa shape index (κ3) is 5.52. The Balaban J connectivity index is 2.92. The highest BCUT2D eigenvalue weighted by Gasteiger charge is 2.21. The molecule has 4 heteroatoms. The van der Waals surface area contributed by atoms with E-state index in [0.29, 0.717) is 12.5 Å². The van der Waals surface area contributed by atoms with Gasteiger partial charge in [-0.25, -0.2) is 0 Å². The lowest BCUT2D eigenvalue weighted by atomic mass is 10.0. The molecule has 0 aliphatic carbocycles. The van der Waals surface area contributed by atoms with E-state index in [9.17, 15) is 0 Å². The molecular weight excluding hydrogens is 314 g/mol. The van der Waals surface area contributed by atoms with E-state index >= 15 is 0 Å². The Labute approximate surface area is 132 Å². The van der Waals surface area contributed by atoms with Gasteiger partial charge < -0.3 is 10.6 Å². The van der Waals surface area contributed by atoms with Crippen molar-refractivity contribution in [2.24, 2.45) is 11.7 Å². The Kier molecular flexibility index (Phi) is 7.74. The molecule has 0 radical (unpaired) electrons. The largest absolute Gasteiger partial charge is 0.329 e. The fourth-order valence-electron chi connectivity index (χ4n) is 2.39. The van der Waals surface area contributed by atoms with E-state index in [1.807, 2.05) is 6.07 Å². The van der Waals surface area contributed by atoms with Crippen molar-refractivity contribution in [1.29, 1.82) is 0 Å². The normalized spacial score (nSPS) is 13.4. The number of hydrogen-bond acceptors (Lipinski definition) is 3. The zero-order valence-corrected chi connectivity index (χ0v) is 14.7. The maximum atomic E-state index is 6.08. The van der Waals surface area contributed by atoms with Crippen molar-refractivity contribution in [3.8, 4) is 0 Å². The van der Waals surface area contributed by atoms with Crippen molar-refractivity contribution in [2.45, 2.75) is 19.9 Å². The molecule has 0 saturated carbocycles. The Hall–Kier alpha value is -0.420. The molecule has 1 unspecified atom stereocenters. The third-order valence-corrected chi connectivity index (χ3v) is 4.08. The molecule has 0 fully saturated rings. The van der Waals surface area contributed by atoms with Crippen LogP contribution < -0.4 is 5.73 Å². The van der Waals surface area contributed by atoms with Gasteiger partial charge in [0.2, 0.25) is 0 Å². The minimum atomic E-state index is 0.271. The monoisotopic (exact) mass is 341 g/mol. The van der Waals surface area contributed by atoms with Gasteiger partial charge >= 0.3 is 0 Å². The van der Waals surface area contributed by atoms with Gasteiger partial charge in [-0.1, -0.05) is 48.0 Å². The first kappa shape index (κ1) is 17.6. The van der Waals surface area contributed by atoms with Crippen molar-refractivity contribution < 1.29 is 0 Å². The average molecular weight is 342 g/mol. The predicted octanol–water partition coefficient (Wildman–Crippen LogP) is 2.97. The van der Waals surface area contributed by atoms with Gasteiger partial charge in [-0.2, -0.15) is 0 Å². The van der Waals surface area contributed by atoms with E-state index in [1.54, 1.807) is 0 Å². The quantitative estimate of drug-likeness (QED) is 0.788. The van der Waals surface area contributed by atoms with Crippen molar-refractivity contribution in [3.05, 3.63) is 34.3 Å². The molecule has 1 aromatic carbocycles. The maximum Gasteiger partial charge on any atom is 0.0482 e. The number of halogens is 1. The number of hydrogen-bond donors (Lipinski definition) is 1. The molecule has 0 spiro atoms. The molecule has 0 aromatic heterocycles. The molecule has 20 heavy (non-hydrogen) atoms. The van der Waals surface area contributed by atoms with E-state index in [1.165, 1.54) is 5.56 Å². The number of nitrogens with two attached hydrogens (primary N) is 1. The van der Waals surface area contributed by atoms with Crippen LogP contribution >= 0.6 is 15.9 Å². The summed E-state index contributed by atoms with van der Waals surface area (Å²) in [6.45, 7) is 8.31. The summed E-state index contributed by atoms with van der Waals surface area (Å²) in [5.41, 5.74) is 7.37. The van der Waals surface area contributed by atoms with Crippen molar-refractivity contribution in [1.82, 2.24) is 9.80 Å². The van der Waals surface area contributed by atoms with Gasteiger partial charge in [0.05, 0.1) is 0 Å². The van der Waals surface area contributed by atoms with Crippen molar-refractivity contribution >= 4 is 15.9 Å². The molecule has 3 nitrogen and oxygen atoms in total. The zero-order chi connectivity index (χ0) is 15.1. The van der Waals surface area contributed by atoms with Crippen LogP contribution in [0.2, 0.25) is 0 Å². The first-order valence-corrected chi connectivity index (χ1v) is 8.08. The van der Waals surface area contributed by atoms with Gasteiger partial charge in [0.1, 0.15) is 0 Å². The lowest BCUT2D eigenvalue weighted by molar-refractivity contribution is 0.163. The highest BCUT2D eigenvalue weighted by atomic mass is 79.9. The Morgan fingerprint density at radius 1 is 1.15 bits per heavy atom. The lowest BCUT2D eigenvalue weighted by Gasteiger charge is -2.34. The summed E-state index contributed by atoms with van der Waals surface area (Å²) in [7, 11) is 4.23. The minimum absolute atomic E-state index is 0.271. The first-order chi connectivity index (χ1) is 9.45. The summed E-state index contributed by atoms with van der Waals surface area (Å²) < 4.78 is 1.15. The van der Waals surface area contributed by atoms with Gasteiger partial charge in [0.25, 0.3) is 0 Å². The molecule has 1 aromatic rings. The van der Waals surface area contributed by atoms with Crippen molar-refractivity contribution in [2.75, 3.05) is 40.3 Å². The van der Waals surface area contributed by atoms with Crippen LogP contribution in [0.5, 0.6) is 0 Å². The third-order valence-electron chi connectivity index (χ3n) is 3.36. The molecule has 114 valence electrons. The van der Waals surface area contributed by atoms with Crippen LogP contribution in [0.15, 0.2) is 28.7 Å². The fraction of sp³-hybridized carbons (Fsp3) is 0.625. The number of nitrogens with zero attached hydrogens (tertiary/aromatic N) is 2. The average Bonchev–Trinajstić information content (AvgIpc) is 2.38. The van der Waals surface area contributed by atoms with E-state index < -0.39 is 0 Å². The van der Waals surface area contributed by atoms with E-state index in [-0.39, 0.29) is 6.04 Å². The van der Waals surface area contributed by atoms with Gasteiger partial charge in [-0.05, 0) is 31.6 Å². The molecule has 0 saturated heterocycles. The fourth-order valence-corrected chi connectivity index (χ4v) is 2.94. The first-order valence-electron chi connectivity index (χ1n) is 7.29. The molecule has 1 rings (SSSR count). The SMILES string of the molecule is CC(C)CN(CCN(C)C)C(CN)c1ccccc1Br. The summed E-state index contributed by atoms with van der Waals surface area (Å²) in [5, 5.41) is 0. The molecule has 0 amide bonds. The summed E-state index contributed by atoms with van der Waals surface area (Å²) in [6, 6.07) is 8.67. The second-order valence-corrected chi connectivity index (χ2v) is 6.82. The molecule has 2 N–H and O–H groups in total. The minimum Gasteiger partial charge on any atom is -0.329 e. The van der Waals surface area contributed by atoms with Crippen LogP contribution in [0, 0.1) is 5.92 Å². The number of benzene rings is 1. The van der Waals surface area contributed by atoms with Gasteiger partial charge in [0.15, 0.2) is 0 Å². The predicted molar refractivity (Wildman–Crippen MR) is 90.9 cm³/mol. The van der Waals surface area contributed by atoms with Crippen molar-refractivity contribution in [3.63, 3.8) is 0 Å². The van der Waals surface area contributed by atoms with E-state index in [4.69, 9.17) is 5.73 Å². The maximum absolute atomic E-state index is 6.08. The summed E-state index contributed by atoms with van der Waals surface area (Å²) >= 11 is 3.66. The number of likely N-dealkylation sites (N-methyl/N-ethyl adjacent to an activating group) is 1. The topological polar surface area (TPSA) is 32.5 Å². The van der Waals surface area contributed by atoms with Crippen LogP contribution in [0.1, 0.15) is 25.5 Å². The summed E-state index contributed by atoms with van der Waals surface area (Å²) in [5.74, 6) is 0.633. The second-order valence-electron chi connectivity index (χ2n) is 5.97. The molecule has 0 heterocycles. The smallest absolute Gasteiger partial charge is 0.0482 e. The molecule has 0 aliphatic heterocycles. The molecule has 1 atom stereocenters. The highest BCUT2D eigenvalue weighted by Crippen LogP contribution is 2.27. The Morgan fingerprint density at radius 3 is 2.30 bits per heavy atom. The van der Waals surface area contributed by atoms with Crippen LogP contribution in [-0.4, -0.2) is 50.1 Å². The standard InChI is InChI=1S/C16H28BrN3/c1-13(2)12-20(10-9-19(3)4)16(11-18)14-7-5-6-8-15(14)17/h5-8,13,16H,9-12,18H2,1-4H3. The summed E-state index contributed by atoms with van der Waals surface area (Å²) in [4.78, 5) is 4.73. The van der Waals surface area contributed by atoms with Crippen LogP contribution in [0.3, 0.4) is 0 Å². The van der Waals surface area contributed by atoms with Gasteiger partial charge in [-0.15, -0.1) is 0 Å². The highest BCUT2D eigenvalue weighted by molar-refractivity contribution is 9.10. The van der Waals surface area contributed by atoms with Crippen LogP contribution in [0.4, 0.5) is 0 Å². The second kappa shape index (κ2) is 8.78. The van der Waals surface area contributed by atoms with Crippen LogP contribution in [0.25, 0.3) is 0 Å². The lowest BCUT2D eigenvalue weighted by Crippen LogP contribution is -2.40. The van der Waals surface area contributed by atoms with Gasteiger partial charge in [-0.3, -0.25) is 4.90 Å². The van der Waals surface area contributed by atoms with Crippen LogP contribution in [-0.2, 0) is 0 Å². The molecule has 0 bridgehead atoms. The summed E-state index contributed by atoms with van der Waals surface area (Å²) in [6.07, 6.45) is 0. The van der Waals surface area contributed by atoms with Gasteiger partial charge in [0, 0.05) is 36.7 Å². The molecular formula is C16H28BrN3.